The van der Waals surface area contributed by atoms with Crippen LogP contribution >= 0.6 is 0 Å². The van der Waals surface area contributed by atoms with Gasteiger partial charge in [-0.3, -0.25) is 9.35 Å². The molecule has 1 saturated heterocycles. The van der Waals surface area contributed by atoms with Gasteiger partial charge in [0.2, 0.25) is 5.91 Å². The van der Waals surface area contributed by atoms with Gasteiger partial charge in [-0.05, 0) is 44.9 Å². The van der Waals surface area contributed by atoms with Crippen molar-refractivity contribution < 1.29 is 57.0 Å². The molecule has 14 heteroatoms. The number of amides is 1. The third kappa shape index (κ3) is 23.7. The molecule has 8 atom stereocenters. The Bertz CT molecular complexity index is 1120. The summed E-state index contributed by atoms with van der Waals surface area (Å²) in [6.07, 6.45) is 21.2. The van der Waals surface area contributed by atoms with Crippen LogP contribution < -0.4 is 5.32 Å². The molecule has 8 unspecified atom stereocenters. The summed E-state index contributed by atoms with van der Waals surface area (Å²) >= 11 is 0. The maximum Gasteiger partial charge on any atom is 0.397 e. The molecular formula is C39H71NO12S. The van der Waals surface area contributed by atoms with E-state index in [1.165, 1.54) is 63.9 Å². The molecule has 0 bridgehead atoms. The van der Waals surface area contributed by atoms with Gasteiger partial charge in [0.25, 0.3) is 0 Å². The van der Waals surface area contributed by atoms with Crippen LogP contribution in [0.5, 0.6) is 0 Å². The van der Waals surface area contributed by atoms with Gasteiger partial charge in [-0.1, -0.05) is 134 Å². The highest BCUT2D eigenvalue weighted by atomic mass is 32.3. The van der Waals surface area contributed by atoms with E-state index in [-0.39, 0.29) is 6.42 Å². The Balaban J connectivity index is 2.72. The van der Waals surface area contributed by atoms with Crippen molar-refractivity contribution in [3.8, 4) is 0 Å². The Labute approximate surface area is 318 Å². The third-order valence-electron chi connectivity index (χ3n) is 9.26. The Hall–Kier alpha value is -1.72. The Morgan fingerprint density at radius 2 is 1.26 bits per heavy atom. The second-order valence-corrected chi connectivity index (χ2v) is 15.0. The number of hydrogen-bond donors (Lipinski definition) is 7. The molecular weight excluding hydrogens is 706 g/mol. The molecule has 1 heterocycles. The van der Waals surface area contributed by atoms with E-state index < -0.39 is 78.5 Å². The molecule has 0 saturated carbocycles. The zero-order valence-electron chi connectivity index (χ0n) is 32.2. The quantitative estimate of drug-likeness (QED) is 0.0262. The summed E-state index contributed by atoms with van der Waals surface area (Å²) < 4.78 is 47.2. The van der Waals surface area contributed by atoms with Crippen molar-refractivity contribution in [2.24, 2.45) is 0 Å². The Morgan fingerprint density at radius 1 is 0.755 bits per heavy atom. The zero-order chi connectivity index (χ0) is 39.3. The average Bonchev–Trinajstić information content (AvgIpc) is 3.12. The molecule has 1 rings (SSSR count). The molecule has 1 amide bonds. The van der Waals surface area contributed by atoms with E-state index in [1.807, 2.05) is 0 Å². The van der Waals surface area contributed by atoms with Gasteiger partial charge in [0.1, 0.15) is 30.5 Å². The number of allylic oxidation sites excluding steroid dienone is 5. The minimum Gasteiger partial charge on any atom is -0.394 e. The maximum atomic E-state index is 13.0. The van der Waals surface area contributed by atoms with Gasteiger partial charge in [-0.2, -0.15) is 8.42 Å². The zero-order valence-corrected chi connectivity index (χ0v) is 33.0. The fourth-order valence-corrected chi connectivity index (χ4v) is 6.53. The molecule has 0 aliphatic carbocycles. The van der Waals surface area contributed by atoms with Crippen molar-refractivity contribution in [3.63, 3.8) is 0 Å². The van der Waals surface area contributed by atoms with E-state index >= 15 is 0 Å². The van der Waals surface area contributed by atoms with Gasteiger partial charge in [-0.25, -0.2) is 4.18 Å². The first kappa shape index (κ1) is 49.3. The van der Waals surface area contributed by atoms with Crippen LogP contribution in [0.2, 0.25) is 0 Å². The van der Waals surface area contributed by atoms with Crippen LogP contribution in [0.3, 0.4) is 0 Å². The molecule has 1 fully saturated rings. The van der Waals surface area contributed by atoms with Crippen LogP contribution in [0, 0.1) is 0 Å². The molecule has 7 N–H and O–H groups in total. The highest BCUT2D eigenvalue weighted by Crippen LogP contribution is 2.26. The molecule has 0 aromatic carbocycles. The van der Waals surface area contributed by atoms with E-state index in [0.717, 1.165) is 51.4 Å². The predicted octanol–water partition coefficient (Wildman–Crippen LogP) is 5.35. The number of carbonyl (C=O) groups excluding carboxylic acids is 1. The average molecular weight is 778 g/mol. The first-order valence-corrected chi connectivity index (χ1v) is 21.3. The van der Waals surface area contributed by atoms with Gasteiger partial charge in [-0.15, -0.1) is 0 Å². The molecule has 0 aromatic heterocycles. The van der Waals surface area contributed by atoms with Gasteiger partial charge in [0, 0.05) is 0 Å². The molecule has 0 radical (unpaired) electrons. The van der Waals surface area contributed by atoms with Crippen molar-refractivity contribution >= 4 is 16.3 Å². The van der Waals surface area contributed by atoms with Crippen LogP contribution in [-0.4, -0.2) is 107 Å². The van der Waals surface area contributed by atoms with Crippen molar-refractivity contribution in [2.75, 3.05) is 13.2 Å². The summed E-state index contributed by atoms with van der Waals surface area (Å²) in [4.78, 5) is 13.0. The highest BCUT2D eigenvalue weighted by Gasteiger charge is 2.48. The van der Waals surface area contributed by atoms with Crippen molar-refractivity contribution in [3.05, 3.63) is 36.5 Å². The van der Waals surface area contributed by atoms with E-state index in [1.54, 1.807) is 6.08 Å². The van der Waals surface area contributed by atoms with Crippen molar-refractivity contribution in [1.29, 1.82) is 0 Å². The number of unbranched alkanes of at least 4 members (excludes halogenated alkanes) is 15. The smallest absolute Gasteiger partial charge is 0.394 e. The van der Waals surface area contributed by atoms with Crippen LogP contribution in [0.1, 0.15) is 142 Å². The Morgan fingerprint density at radius 3 is 1.81 bits per heavy atom. The van der Waals surface area contributed by atoms with E-state index in [9.17, 15) is 38.7 Å². The number of carbonyl (C=O) groups is 1. The molecule has 0 spiro atoms. The summed E-state index contributed by atoms with van der Waals surface area (Å²) in [7, 11) is -5.12. The number of hydrogen-bond acceptors (Lipinski definition) is 11. The standard InChI is InChI=1S/C39H71NO12S/c1-3-5-7-9-11-13-14-15-16-17-18-19-20-22-23-25-27-32(42)31(40-38(46)33(43)28-26-24-21-12-10-8-6-4-2)30-50-39-36(45)37(52-53(47,48)49)35(44)34(29-41)51-39/h15-16,19-20,25,27,31-37,39,41-45H,3-14,17-18,21-24,26,28-30H2,1-2H3,(H,40,46)(H,47,48,49)/b16-15+,20-19+,27-25+. The highest BCUT2D eigenvalue weighted by molar-refractivity contribution is 7.80. The van der Waals surface area contributed by atoms with E-state index in [4.69, 9.17) is 14.0 Å². The molecule has 0 aromatic rings. The summed E-state index contributed by atoms with van der Waals surface area (Å²) in [5.41, 5.74) is 0. The second kappa shape index (κ2) is 30.5. The van der Waals surface area contributed by atoms with E-state index in [2.05, 4.69) is 47.7 Å². The van der Waals surface area contributed by atoms with Crippen molar-refractivity contribution in [2.45, 2.75) is 191 Å². The normalized spacial score (nSPS) is 22.9. The lowest BCUT2D eigenvalue weighted by molar-refractivity contribution is -0.298. The predicted molar refractivity (Wildman–Crippen MR) is 205 cm³/mol. The molecule has 1 aliphatic heterocycles. The van der Waals surface area contributed by atoms with Gasteiger partial charge >= 0.3 is 10.4 Å². The van der Waals surface area contributed by atoms with Crippen LogP contribution in [0.15, 0.2) is 36.5 Å². The maximum absolute atomic E-state index is 13.0. The van der Waals surface area contributed by atoms with Gasteiger partial charge in [0.05, 0.1) is 25.4 Å². The summed E-state index contributed by atoms with van der Waals surface area (Å²) in [6, 6.07) is -1.14. The first-order chi connectivity index (χ1) is 25.4. The SMILES string of the molecule is CCCCCCCC/C=C/CC/C=C/CC/C=C/C(O)C(COC1OC(CO)C(O)C(OS(=O)(=O)O)C1O)NC(=O)C(O)CCCCCCCCCC. The second-order valence-electron chi connectivity index (χ2n) is 14.0. The summed E-state index contributed by atoms with van der Waals surface area (Å²) in [5, 5.41) is 54.8. The van der Waals surface area contributed by atoms with Gasteiger partial charge < -0.3 is 40.3 Å². The summed E-state index contributed by atoms with van der Waals surface area (Å²) in [6.45, 7) is 3.10. The number of aliphatic hydroxyl groups is 5. The van der Waals surface area contributed by atoms with Crippen LogP contribution in [-0.2, 0) is 28.9 Å². The molecule has 53 heavy (non-hydrogen) atoms. The van der Waals surface area contributed by atoms with Gasteiger partial charge in [0.15, 0.2) is 6.29 Å². The lowest BCUT2D eigenvalue weighted by atomic mass is 9.99. The first-order valence-electron chi connectivity index (χ1n) is 20.0. The van der Waals surface area contributed by atoms with E-state index in [0.29, 0.717) is 12.8 Å². The fraction of sp³-hybridized carbons (Fsp3) is 0.821. The minimum absolute atomic E-state index is 0.233. The third-order valence-corrected chi connectivity index (χ3v) is 9.72. The molecule has 310 valence electrons. The topological polar surface area (TPSA) is 212 Å². The number of rotatable bonds is 32. The van der Waals surface area contributed by atoms with Crippen molar-refractivity contribution in [1.82, 2.24) is 5.32 Å². The fourth-order valence-electron chi connectivity index (χ4n) is 6.02. The molecule has 13 nitrogen and oxygen atoms in total. The largest absolute Gasteiger partial charge is 0.397 e. The molecule has 1 aliphatic rings. The number of nitrogens with one attached hydrogen (secondary N) is 1. The van der Waals surface area contributed by atoms with Crippen LogP contribution in [0.4, 0.5) is 0 Å². The Kier molecular flexibility index (Phi) is 28.4. The monoisotopic (exact) mass is 777 g/mol. The lowest BCUT2D eigenvalue weighted by Gasteiger charge is -2.41. The number of ether oxygens (including phenoxy) is 2. The van der Waals surface area contributed by atoms with Crippen LogP contribution in [0.25, 0.3) is 0 Å². The summed E-state index contributed by atoms with van der Waals surface area (Å²) in [5.74, 6) is -0.723. The lowest BCUT2D eigenvalue weighted by Crippen LogP contribution is -2.61. The number of aliphatic hydroxyl groups excluding tert-OH is 5. The minimum atomic E-state index is -5.12.